The van der Waals surface area contributed by atoms with E-state index in [1.54, 1.807) is 6.26 Å². The fourth-order valence-electron chi connectivity index (χ4n) is 0.487. The van der Waals surface area contributed by atoms with Crippen LogP contribution >= 0.6 is 0 Å². The predicted molar refractivity (Wildman–Crippen MR) is 40.2 cm³/mol. The number of hydrogen-bond acceptors (Lipinski definition) is 1. The van der Waals surface area contributed by atoms with Gasteiger partial charge >= 0.3 is 0 Å². The van der Waals surface area contributed by atoms with Gasteiger partial charge in [-0.25, -0.2) is 0 Å². The summed E-state index contributed by atoms with van der Waals surface area (Å²) >= 11 is 0. The third kappa shape index (κ3) is 3.83. The van der Waals surface area contributed by atoms with E-state index in [4.69, 9.17) is 4.74 Å². The predicted octanol–water partition coefficient (Wildman–Crippen LogP) is 2.50. The molecule has 52 valence electrons. The lowest BCUT2D eigenvalue weighted by Crippen LogP contribution is -1.91. The molecule has 0 bridgehead atoms. The van der Waals surface area contributed by atoms with E-state index in [9.17, 15) is 0 Å². The largest absolute Gasteiger partial charge is 0.497 e. The van der Waals surface area contributed by atoms with Gasteiger partial charge in [-0.05, 0) is 18.6 Å². The van der Waals surface area contributed by atoms with Gasteiger partial charge in [0.2, 0.25) is 0 Å². The molecule has 0 N–H and O–H groups in total. The van der Waals surface area contributed by atoms with Crippen LogP contribution in [-0.4, -0.2) is 6.61 Å². The maximum atomic E-state index is 4.93. The van der Waals surface area contributed by atoms with Gasteiger partial charge in [-0.15, -0.1) is 0 Å². The van der Waals surface area contributed by atoms with E-state index in [0.717, 1.165) is 6.61 Å². The fourth-order valence-corrected chi connectivity index (χ4v) is 0.487. The molecule has 0 radical (unpaired) electrons. The van der Waals surface area contributed by atoms with Crippen LogP contribution in [0, 0.1) is 0 Å². The van der Waals surface area contributed by atoms with Gasteiger partial charge in [0.15, 0.2) is 0 Å². The van der Waals surface area contributed by atoms with E-state index in [1.807, 2.05) is 32.9 Å². The lowest BCUT2D eigenvalue weighted by atomic mass is 10.3. The molecular formula is C8H14O. The quantitative estimate of drug-likeness (QED) is 0.484. The monoisotopic (exact) mass is 126 g/mol. The number of hydrogen-bond donors (Lipinski definition) is 0. The first-order chi connectivity index (χ1) is 4.39. The summed E-state index contributed by atoms with van der Waals surface area (Å²) in [5, 5.41) is 0. The molecule has 9 heavy (non-hydrogen) atoms. The first-order valence-electron chi connectivity index (χ1n) is 3.33. The van der Waals surface area contributed by atoms with Gasteiger partial charge in [0.1, 0.15) is 6.61 Å². The molecule has 0 saturated carbocycles. The van der Waals surface area contributed by atoms with Crippen LogP contribution in [0.25, 0.3) is 0 Å². The van der Waals surface area contributed by atoms with Gasteiger partial charge in [0.05, 0.1) is 6.26 Å². The summed E-state index contributed by atoms with van der Waals surface area (Å²) < 4.78 is 4.93. The van der Waals surface area contributed by atoms with Crippen LogP contribution in [0.15, 0.2) is 24.0 Å². The highest BCUT2D eigenvalue weighted by Crippen LogP contribution is 1.99. The van der Waals surface area contributed by atoms with Crippen LogP contribution in [0.4, 0.5) is 0 Å². The molecule has 1 heteroatoms. The lowest BCUT2D eigenvalue weighted by molar-refractivity contribution is 0.276. The summed E-state index contributed by atoms with van der Waals surface area (Å²) in [6, 6.07) is 0. The lowest BCUT2D eigenvalue weighted by Gasteiger charge is -2.02. The van der Waals surface area contributed by atoms with Gasteiger partial charge in [-0.1, -0.05) is 19.9 Å². The van der Waals surface area contributed by atoms with E-state index in [2.05, 4.69) is 0 Å². The Morgan fingerprint density at radius 1 is 1.44 bits per heavy atom. The molecule has 1 aliphatic rings. The molecule has 0 atom stereocenters. The molecule has 0 amide bonds. The Morgan fingerprint density at radius 2 is 2.11 bits per heavy atom. The number of rotatable bonds is 0. The smallest absolute Gasteiger partial charge is 0.108 e. The molecular weight excluding hydrogens is 112 g/mol. The minimum absolute atomic E-state index is 0.760. The Morgan fingerprint density at radius 3 is 2.33 bits per heavy atom. The first-order valence-corrected chi connectivity index (χ1v) is 3.33. The van der Waals surface area contributed by atoms with Crippen molar-refractivity contribution >= 4 is 0 Å². The van der Waals surface area contributed by atoms with Crippen molar-refractivity contribution in [3.63, 3.8) is 0 Å². The molecule has 0 saturated heterocycles. The van der Waals surface area contributed by atoms with Crippen molar-refractivity contribution in [2.45, 2.75) is 20.8 Å². The van der Waals surface area contributed by atoms with Crippen molar-refractivity contribution in [3.8, 4) is 0 Å². The third-order valence-electron chi connectivity index (χ3n) is 0.867. The topological polar surface area (TPSA) is 9.23 Å². The second-order valence-corrected chi connectivity index (χ2v) is 1.65. The Bertz CT molecular complexity index is 112. The standard InChI is InChI=1S/C6H8O.C2H6/c1-6-3-2-4-7-5-6;1-2/h2-4H,5H2,1H3;1-2H3. The van der Waals surface area contributed by atoms with Crippen LogP contribution in [0.5, 0.6) is 0 Å². The highest BCUT2D eigenvalue weighted by molar-refractivity contribution is 5.12. The highest BCUT2D eigenvalue weighted by Gasteiger charge is 1.88. The van der Waals surface area contributed by atoms with Crippen LogP contribution in [0.2, 0.25) is 0 Å². The van der Waals surface area contributed by atoms with Crippen molar-refractivity contribution < 1.29 is 4.74 Å². The van der Waals surface area contributed by atoms with Crippen LogP contribution in [-0.2, 0) is 4.74 Å². The summed E-state index contributed by atoms with van der Waals surface area (Å²) in [6.07, 6.45) is 5.65. The third-order valence-corrected chi connectivity index (χ3v) is 0.867. The maximum Gasteiger partial charge on any atom is 0.108 e. The first kappa shape index (κ1) is 8.28. The van der Waals surface area contributed by atoms with E-state index in [0.29, 0.717) is 0 Å². The molecule has 1 nitrogen and oxygen atoms in total. The molecule has 1 heterocycles. The summed E-state index contributed by atoms with van der Waals surface area (Å²) in [4.78, 5) is 0. The molecule has 0 spiro atoms. The van der Waals surface area contributed by atoms with Gasteiger partial charge < -0.3 is 4.74 Å². The SMILES string of the molecule is CC.CC1=CC=COC1. The zero-order valence-electron chi connectivity index (χ0n) is 6.35. The molecule has 0 aromatic carbocycles. The average molecular weight is 126 g/mol. The average Bonchev–Trinajstić information content (AvgIpc) is 1.94. The summed E-state index contributed by atoms with van der Waals surface area (Å²) in [7, 11) is 0. The molecule has 0 aromatic rings. The zero-order valence-corrected chi connectivity index (χ0v) is 6.35. The van der Waals surface area contributed by atoms with Crippen LogP contribution in [0.3, 0.4) is 0 Å². The van der Waals surface area contributed by atoms with E-state index < -0.39 is 0 Å². The fraction of sp³-hybridized carbons (Fsp3) is 0.500. The maximum absolute atomic E-state index is 4.93. The van der Waals surface area contributed by atoms with Gasteiger partial charge in [-0.3, -0.25) is 0 Å². The molecule has 0 fully saturated rings. The Balaban J connectivity index is 0.000000291. The minimum atomic E-state index is 0.760. The van der Waals surface area contributed by atoms with Crippen molar-refractivity contribution in [2.75, 3.05) is 6.61 Å². The van der Waals surface area contributed by atoms with Crippen molar-refractivity contribution in [1.29, 1.82) is 0 Å². The van der Waals surface area contributed by atoms with Crippen molar-refractivity contribution in [1.82, 2.24) is 0 Å². The van der Waals surface area contributed by atoms with E-state index >= 15 is 0 Å². The zero-order chi connectivity index (χ0) is 7.11. The van der Waals surface area contributed by atoms with Crippen molar-refractivity contribution in [3.05, 3.63) is 24.0 Å². The van der Waals surface area contributed by atoms with E-state index in [-0.39, 0.29) is 0 Å². The second kappa shape index (κ2) is 5.42. The molecule has 1 rings (SSSR count). The van der Waals surface area contributed by atoms with Crippen molar-refractivity contribution in [2.24, 2.45) is 0 Å². The Hall–Kier alpha value is -0.720. The normalized spacial score (nSPS) is 14.8. The van der Waals surface area contributed by atoms with Gasteiger partial charge in [-0.2, -0.15) is 0 Å². The minimum Gasteiger partial charge on any atom is -0.497 e. The van der Waals surface area contributed by atoms with Gasteiger partial charge in [0.25, 0.3) is 0 Å². The Labute approximate surface area is 57.0 Å². The molecule has 0 unspecified atom stereocenters. The summed E-state index contributed by atoms with van der Waals surface area (Å²) in [5.41, 5.74) is 1.28. The summed E-state index contributed by atoms with van der Waals surface area (Å²) in [6.45, 7) is 6.81. The van der Waals surface area contributed by atoms with E-state index in [1.165, 1.54) is 5.57 Å². The summed E-state index contributed by atoms with van der Waals surface area (Å²) in [5.74, 6) is 0. The van der Waals surface area contributed by atoms with Gasteiger partial charge in [0, 0.05) is 0 Å². The molecule has 0 aliphatic carbocycles. The second-order valence-electron chi connectivity index (χ2n) is 1.65. The van der Waals surface area contributed by atoms with Crippen LogP contribution < -0.4 is 0 Å². The van der Waals surface area contributed by atoms with Crippen LogP contribution in [0.1, 0.15) is 20.8 Å². The molecule has 0 aromatic heterocycles. The Kier molecular flexibility index (Phi) is 4.98. The molecule has 1 aliphatic heterocycles. The highest BCUT2D eigenvalue weighted by atomic mass is 16.5. The number of ether oxygens (including phenoxy) is 1. The number of allylic oxidation sites excluding steroid dienone is 2.